The maximum atomic E-state index is 13.0. The van der Waals surface area contributed by atoms with Crippen LogP contribution in [0.15, 0.2) is 30.3 Å². The molecule has 3 nitrogen and oxygen atoms in total. The molecule has 1 saturated carbocycles. The van der Waals surface area contributed by atoms with Gasteiger partial charge in [-0.05, 0) is 68.4 Å². The summed E-state index contributed by atoms with van der Waals surface area (Å²) < 4.78 is 15.4. The summed E-state index contributed by atoms with van der Waals surface area (Å²) >= 11 is 6.29. The quantitative estimate of drug-likeness (QED) is 0.579. The third kappa shape index (κ3) is 3.43. The van der Waals surface area contributed by atoms with Gasteiger partial charge in [0.1, 0.15) is 11.0 Å². The summed E-state index contributed by atoms with van der Waals surface area (Å²) in [5, 5.41) is 5.14. The van der Waals surface area contributed by atoms with E-state index in [2.05, 4.69) is 28.7 Å². The normalized spacial score (nSPS) is 14.2. The SMILES string of the molecule is Cc1c(C)n(CC2CC2)c2c(NCCc3ccc(F)cc3)nc(Cl)cc12. The van der Waals surface area contributed by atoms with Crippen LogP contribution < -0.4 is 5.32 Å². The third-order valence-corrected chi connectivity index (χ3v) is 5.53. The fourth-order valence-corrected chi connectivity index (χ4v) is 3.71. The molecule has 1 aliphatic carbocycles. The molecule has 136 valence electrons. The van der Waals surface area contributed by atoms with Crippen molar-refractivity contribution in [2.75, 3.05) is 11.9 Å². The van der Waals surface area contributed by atoms with Gasteiger partial charge in [-0.15, -0.1) is 0 Å². The van der Waals surface area contributed by atoms with E-state index in [0.29, 0.717) is 5.15 Å². The van der Waals surface area contributed by atoms with Crippen molar-refractivity contribution in [3.8, 4) is 0 Å². The number of fused-ring (bicyclic) bond motifs is 1. The van der Waals surface area contributed by atoms with E-state index in [4.69, 9.17) is 11.6 Å². The number of rotatable bonds is 6. The van der Waals surface area contributed by atoms with Crippen molar-refractivity contribution in [2.24, 2.45) is 5.92 Å². The first-order valence-electron chi connectivity index (χ1n) is 9.17. The zero-order valence-corrected chi connectivity index (χ0v) is 15.9. The second-order valence-electron chi connectivity index (χ2n) is 7.26. The van der Waals surface area contributed by atoms with Crippen LogP contribution in [0.4, 0.5) is 10.2 Å². The monoisotopic (exact) mass is 371 g/mol. The van der Waals surface area contributed by atoms with Gasteiger partial charge >= 0.3 is 0 Å². The van der Waals surface area contributed by atoms with Crippen molar-refractivity contribution in [2.45, 2.75) is 39.7 Å². The minimum Gasteiger partial charge on any atom is -0.368 e. The van der Waals surface area contributed by atoms with Crippen molar-refractivity contribution in [3.05, 3.63) is 58.1 Å². The highest BCUT2D eigenvalue weighted by atomic mass is 35.5. The van der Waals surface area contributed by atoms with Crippen LogP contribution in [0.2, 0.25) is 5.15 Å². The van der Waals surface area contributed by atoms with Crippen LogP contribution >= 0.6 is 11.6 Å². The molecule has 0 radical (unpaired) electrons. The summed E-state index contributed by atoms with van der Waals surface area (Å²) in [6.07, 6.45) is 3.43. The number of nitrogens with one attached hydrogen (secondary N) is 1. The van der Waals surface area contributed by atoms with E-state index in [1.54, 1.807) is 0 Å². The summed E-state index contributed by atoms with van der Waals surface area (Å²) in [6, 6.07) is 8.61. The maximum Gasteiger partial charge on any atom is 0.152 e. The first-order chi connectivity index (χ1) is 12.5. The van der Waals surface area contributed by atoms with E-state index in [9.17, 15) is 4.39 Å². The van der Waals surface area contributed by atoms with E-state index in [1.165, 1.54) is 41.6 Å². The highest BCUT2D eigenvalue weighted by Gasteiger charge is 2.25. The number of aryl methyl sites for hydroxylation is 1. The van der Waals surface area contributed by atoms with Gasteiger partial charge in [0.15, 0.2) is 5.82 Å². The van der Waals surface area contributed by atoms with Gasteiger partial charge in [-0.2, -0.15) is 0 Å². The Kier molecular flexibility index (Phi) is 4.62. The molecule has 1 aromatic carbocycles. The summed E-state index contributed by atoms with van der Waals surface area (Å²) in [7, 11) is 0. The van der Waals surface area contributed by atoms with Crippen molar-refractivity contribution in [1.82, 2.24) is 9.55 Å². The molecule has 0 unspecified atom stereocenters. The van der Waals surface area contributed by atoms with Gasteiger partial charge in [0, 0.05) is 24.2 Å². The van der Waals surface area contributed by atoms with Crippen LogP contribution in [-0.2, 0) is 13.0 Å². The van der Waals surface area contributed by atoms with Crippen LogP contribution in [0.1, 0.15) is 29.7 Å². The van der Waals surface area contributed by atoms with E-state index in [-0.39, 0.29) is 5.82 Å². The van der Waals surface area contributed by atoms with Crippen LogP contribution in [0.3, 0.4) is 0 Å². The minimum atomic E-state index is -0.205. The Morgan fingerprint density at radius 2 is 1.96 bits per heavy atom. The summed E-state index contributed by atoms with van der Waals surface area (Å²) in [5.41, 5.74) is 4.80. The molecule has 5 heteroatoms. The molecule has 2 heterocycles. The molecule has 0 aliphatic heterocycles. The Labute approximate surface area is 158 Å². The zero-order valence-electron chi connectivity index (χ0n) is 15.1. The van der Waals surface area contributed by atoms with Gasteiger partial charge in [-0.3, -0.25) is 0 Å². The Morgan fingerprint density at radius 1 is 1.23 bits per heavy atom. The number of pyridine rings is 1. The number of nitrogens with zero attached hydrogens (tertiary/aromatic N) is 2. The number of anilines is 1. The second-order valence-corrected chi connectivity index (χ2v) is 7.64. The molecule has 2 aromatic heterocycles. The van der Waals surface area contributed by atoms with Gasteiger partial charge in [-0.1, -0.05) is 23.7 Å². The summed E-state index contributed by atoms with van der Waals surface area (Å²) in [6.45, 7) is 6.10. The highest BCUT2D eigenvalue weighted by Crippen LogP contribution is 2.37. The first kappa shape index (κ1) is 17.3. The lowest BCUT2D eigenvalue weighted by atomic mass is 10.1. The lowest BCUT2D eigenvalue weighted by Gasteiger charge is -2.12. The molecule has 3 aromatic rings. The lowest BCUT2D eigenvalue weighted by molar-refractivity contribution is 0.627. The van der Waals surface area contributed by atoms with Crippen LogP contribution in [0.5, 0.6) is 0 Å². The van der Waals surface area contributed by atoms with Crippen molar-refractivity contribution in [1.29, 1.82) is 0 Å². The number of hydrogen-bond donors (Lipinski definition) is 1. The smallest absolute Gasteiger partial charge is 0.152 e. The number of halogens is 2. The Balaban J connectivity index is 1.62. The number of aromatic nitrogens is 2. The first-order valence-corrected chi connectivity index (χ1v) is 9.55. The minimum absolute atomic E-state index is 0.205. The lowest BCUT2D eigenvalue weighted by Crippen LogP contribution is -2.10. The van der Waals surface area contributed by atoms with E-state index >= 15 is 0 Å². The zero-order chi connectivity index (χ0) is 18.3. The molecule has 1 fully saturated rings. The van der Waals surface area contributed by atoms with E-state index in [1.807, 2.05) is 18.2 Å². The molecule has 0 amide bonds. The molecule has 26 heavy (non-hydrogen) atoms. The van der Waals surface area contributed by atoms with Crippen molar-refractivity contribution in [3.63, 3.8) is 0 Å². The Bertz CT molecular complexity index is 942. The van der Waals surface area contributed by atoms with Crippen LogP contribution in [-0.4, -0.2) is 16.1 Å². The second kappa shape index (κ2) is 6.92. The number of benzene rings is 1. The summed E-state index contributed by atoms with van der Waals surface area (Å²) in [4.78, 5) is 4.56. The van der Waals surface area contributed by atoms with Gasteiger partial charge < -0.3 is 9.88 Å². The standard InChI is InChI=1S/C21H23ClFN3/c1-13-14(2)26(12-16-3-4-16)20-18(13)11-19(22)25-21(20)24-10-9-15-5-7-17(23)8-6-15/h5-8,11,16H,3-4,9-10,12H2,1-2H3,(H,24,25). The van der Waals surface area contributed by atoms with Gasteiger partial charge in [-0.25, -0.2) is 9.37 Å². The van der Waals surface area contributed by atoms with Crippen molar-refractivity contribution >= 4 is 28.3 Å². The molecule has 4 rings (SSSR count). The largest absolute Gasteiger partial charge is 0.368 e. The maximum absolute atomic E-state index is 13.0. The van der Waals surface area contributed by atoms with Crippen molar-refractivity contribution < 1.29 is 4.39 Å². The average Bonchev–Trinajstić information content (AvgIpc) is 3.40. The molecular weight excluding hydrogens is 349 g/mol. The predicted octanol–water partition coefficient (Wildman–Crippen LogP) is 5.51. The average molecular weight is 372 g/mol. The molecule has 0 saturated heterocycles. The van der Waals surface area contributed by atoms with Crippen LogP contribution in [0, 0.1) is 25.6 Å². The predicted molar refractivity (Wildman–Crippen MR) is 106 cm³/mol. The van der Waals surface area contributed by atoms with E-state index < -0.39 is 0 Å². The van der Waals surface area contributed by atoms with Crippen LogP contribution in [0.25, 0.3) is 10.9 Å². The van der Waals surface area contributed by atoms with Gasteiger partial charge in [0.2, 0.25) is 0 Å². The topological polar surface area (TPSA) is 29.9 Å². The summed E-state index contributed by atoms with van der Waals surface area (Å²) in [5.74, 6) is 1.42. The number of hydrogen-bond acceptors (Lipinski definition) is 2. The molecule has 0 atom stereocenters. The molecule has 0 bridgehead atoms. The molecule has 0 spiro atoms. The van der Waals surface area contributed by atoms with Gasteiger partial charge in [0.25, 0.3) is 0 Å². The Hall–Kier alpha value is -2.07. The molecule has 1 aliphatic rings. The molecular formula is C21H23ClFN3. The fourth-order valence-electron chi connectivity index (χ4n) is 3.52. The third-order valence-electron chi connectivity index (χ3n) is 5.34. The molecule has 1 N–H and O–H groups in total. The van der Waals surface area contributed by atoms with Gasteiger partial charge in [0.05, 0.1) is 5.52 Å². The fraction of sp³-hybridized carbons (Fsp3) is 0.381. The highest BCUT2D eigenvalue weighted by molar-refractivity contribution is 6.30. The Morgan fingerprint density at radius 3 is 2.65 bits per heavy atom. The van der Waals surface area contributed by atoms with E-state index in [0.717, 1.165) is 42.3 Å².